The molecule has 126 valence electrons. The van der Waals surface area contributed by atoms with E-state index in [1.807, 2.05) is 18.2 Å². The maximum Gasteiger partial charge on any atom is 0.227 e. The van der Waals surface area contributed by atoms with Gasteiger partial charge in [0.1, 0.15) is 0 Å². The highest BCUT2D eigenvalue weighted by Gasteiger charge is 2.35. The first-order valence-electron chi connectivity index (χ1n) is 8.20. The summed E-state index contributed by atoms with van der Waals surface area (Å²) in [4.78, 5) is 26.2. The lowest BCUT2D eigenvalue weighted by Crippen LogP contribution is -2.33. The first kappa shape index (κ1) is 17.5. The van der Waals surface area contributed by atoms with Gasteiger partial charge in [-0.3, -0.25) is 9.59 Å². The minimum atomic E-state index is -0.271. The molecule has 5 heteroatoms. The van der Waals surface area contributed by atoms with Crippen LogP contribution >= 0.6 is 0 Å². The van der Waals surface area contributed by atoms with Crippen LogP contribution < -0.4 is 10.2 Å². The zero-order valence-electron chi connectivity index (χ0n) is 14.2. The Hall–Kier alpha value is -1.88. The second kappa shape index (κ2) is 8.11. The van der Waals surface area contributed by atoms with Crippen LogP contribution in [0.5, 0.6) is 0 Å². The average Bonchev–Trinajstić information content (AvgIpc) is 2.93. The molecule has 0 spiro atoms. The lowest BCUT2D eigenvalue weighted by Gasteiger charge is -2.18. The van der Waals surface area contributed by atoms with E-state index in [9.17, 15) is 9.59 Å². The van der Waals surface area contributed by atoms with Crippen LogP contribution in [0.2, 0.25) is 0 Å². The Balaban J connectivity index is 1.97. The Labute approximate surface area is 138 Å². The molecule has 1 unspecified atom stereocenters. The van der Waals surface area contributed by atoms with E-state index in [4.69, 9.17) is 4.74 Å². The molecule has 1 aromatic rings. The van der Waals surface area contributed by atoms with Gasteiger partial charge in [0.2, 0.25) is 11.8 Å². The minimum absolute atomic E-state index is 0.0166. The maximum absolute atomic E-state index is 12.3. The molecule has 0 aliphatic carbocycles. The number of carbonyl (C=O) groups excluding carboxylic acids is 2. The van der Waals surface area contributed by atoms with E-state index in [2.05, 4.69) is 25.2 Å². The Kier molecular flexibility index (Phi) is 6.16. The quantitative estimate of drug-likeness (QED) is 0.785. The summed E-state index contributed by atoms with van der Waals surface area (Å²) in [6.45, 7) is 5.91. The highest BCUT2D eigenvalue weighted by atomic mass is 16.5. The van der Waals surface area contributed by atoms with Crippen molar-refractivity contribution in [3.05, 3.63) is 29.8 Å². The van der Waals surface area contributed by atoms with Crippen molar-refractivity contribution >= 4 is 17.5 Å². The fourth-order valence-electron chi connectivity index (χ4n) is 2.76. The Morgan fingerprint density at radius 1 is 1.43 bits per heavy atom. The molecule has 23 heavy (non-hydrogen) atoms. The van der Waals surface area contributed by atoms with Crippen LogP contribution in [0.15, 0.2) is 24.3 Å². The van der Waals surface area contributed by atoms with Gasteiger partial charge in [0.05, 0.1) is 5.92 Å². The van der Waals surface area contributed by atoms with Crippen LogP contribution in [0.25, 0.3) is 0 Å². The van der Waals surface area contributed by atoms with Gasteiger partial charge in [-0.15, -0.1) is 0 Å². The average molecular weight is 318 g/mol. The molecule has 2 amide bonds. The topological polar surface area (TPSA) is 58.6 Å². The number of hydrogen-bond acceptors (Lipinski definition) is 3. The predicted octanol–water partition coefficient (Wildman–Crippen LogP) is 2.32. The summed E-state index contributed by atoms with van der Waals surface area (Å²) in [7, 11) is 1.64. The molecule has 0 bridgehead atoms. The standard InChI is InChI=1S/C18H26N2O3/c1-13(2)14-6-4-7-16(10-14)20-12-15(11-17(20)21)18(22)19-8-5-9-23-3/h4,6-7,10,13,15H,5,8-9,11-12H2,1-3H3,(H,19,22). The SMILES string of the molecule is COCCCNC(=O)C1CC(=O)N(c2cccc(C(C)C)c2)C1. The van der Waals surface area contributed by atoms with Crippen LogP contribution in [0, 0.1) is 5.92 Å². The number of nitrogens with one attached hydrogen (secondary N) is 1. The fraction of sp³-hybridized carbons (Fsp3) is 0.556. The number of benzene rings is 1. The number of ether oxygens (including phenoxy) is 1. The highest BCUT2D eigenvalue weighted by molar-refractivity contribution is 6.00. The van der Waals surface area contributed by atoms with Crippen molar-refractivity contribution in [2.45, 2.75) is 32.6 Å². The molecule has 0 saturated carbocycles. The van der Waals surface area contributed by atoms with Crippen LogP contribution in [-0.2, 0) is 14.3 Å². The molecule has 1 atom stereocenters. The van der Waals surface area contributed by atoms with E-state index in [1.165, 1.54) is 5.56 Å². The van der Waals surface area contributed by atoms with E-state index < -0.39 is 0 Å². The molecule has 0 radical (unpaired) electrons. The van der Waals surface area contributed by atoms with Gasteiger partial charge in [-0.1, -0.05) is 26.0 Å². The van der Waals surface area contributed by atoms with Gasteiger partial charge in [0.25, 0.3) is 0 Å². The number of anilines is 1. The van der Waals surface area contributed by atoms with Crippen molar-refractivity contribution in [3.63, 3.8) is 0 Å². The Morgan fingerprint density at radius 3 is 2.91 bits per heavy atom. The fourth-order valence-corrected chi connectivity index (χ4v) is 2.76. The van der Waals surface area contributed by atoms with Gasteiger partial charge >= 0.3 is 0 Å². The monoisotopic (exact) mass is 318 g/mol. The van der Waals surface area contributed by atoms with Crippen molar-refractivity contribution in [3.8, 4) is 0 Å². The minimum Gasteiger partial charge on any atom is -0.385 e. The normalized spacial score (nSPS) is 17.8. The number of carbonyl (C=O) groups is 2. The van der Waals surface area contributed by atoms with Gasteiger partial charge in [-0.2, -0.15) is 0 Å². The smallest absolute Gasteiger partial charge is 0.227 e. The summed E-state index contributed by atoms with van der Waals surface area (Å²) in [6, 6.07) is 8.01. The van der Waals surface area contributed by atoms with E-state index >= 15 is 0 Å². The summed E-state index contributed by atoms with van der Waals surface area (Å²) in [5.74, 6) is 0.111. The van der Waals surface area contributed by atoms with Gasteiger partial charge in [0, 0.05) is 38.9 Å². The first-order valence-corrected chi connectivity index (χ1v) is 8.20. The number of amides is 2. The number of methoxy groups -OCH3 is 1. The Bertz CT molecular complexity index is 557. The van der Waals surface area contributed by atoms with Gasteiger partial charge in [-0.25, -0.2) is 0 Å². The number of hydrogen-bond donors (Lipinski definition) is 1. The molecule has 2 rings (SSSR count). The second-order valence-corrected chi connectivity index (χ2v) is 6.29. The number of rotatable bonds is 7. The summed E-state index contributed by atoms with van der Waals surface area (Å²) < 4.78 is 4.96. The third-order valence-corrected chi connectivity index (χ3v) is 4.17. The molecule has 1 aliphatic heterocycles. The third-order valence-electron chi connectivity index (χ3n) is 4.17. The molecule has 1 heterocycles. The van der Waals surface area contributed by atoms with E-state index in [1.54, 1.807) is 12.0 Å². The van der Waals surface area contributed by atoms with Crippen molar-refractivity contribution in [2.24, 2.45) is 5.92 Å². The van der Waals surface area contributed by atoms with Gasteiger partial charge in [0.15, 0.2) is 0 Å². The van der Waals surface area contributed by atoms with E-state index in [0.29, 0.717) is 25.6 Å². The summed E-state index contributed by atoms with van der Waals surface area (Å²) in [5, 5.41) is 2.88. The van der Waals surface area contributed by atoms with Crippen molar-refractivity contribution in [2.75, 3.05) is 31.7 Å². The molecule has 1 aliphatic rings. The molecule has 5 nitrogen and oxygen atoms in total. The van der Waals surface area contributed by atoms with Crippen LogP contribution in [0.1, 0.15) is 38.2 Å². The maximum atomic E-state index is 12.3. The van der Waals surface area contributed by atoms with Crippen molar-refractivity contribution < 1.29 is 14.3 Å². The molecular formula is C18H26N2O3. The lowest BCUT2D eigenvalue weighted by atomic mass is 10.0. The van der Waals surface area contributed by atoms with Crippen molar-refractivity contribution in [1.29, 1.82) is 0 Å². The summed E-state index contributed by atoms with van der Waals surface area (Å²) in [6.07, 6.45) is 1.06. The third kappa shape index (κ3) is 4.55. The number of nitrogens with zero attached hydrogens (tertiary/aromatic N) is 1. The molecule has 1 fully saturated rings. The summed E-state index contributed by atoms with van der Waals surface area (Å²) in [5.41, 5.74) is 2.08. The molecule has 0 aromatic heterocycles. The molecular weight excluding hydrogens is 292 g/mol. The molecule has 1 aromatic carbocycles. The predicted molar refractivity (Wildman–Crippen MR) is 90.5 cm³/mol. The van der Waals surface area contributed by atoms with Gasteiger partial charge < -0.3 is 15.0 Å². The van der Waals surface area contributed by atoms with Crippen LogP contribution in [0.4, 0.5) is 5.69 Å². The van der Waals surface area contributed by atoms with Crippen LogP contribution in [0.3, 0.4) is 0 Å². The van der Waals surface area contributed by atoms with E-state index in [0.717, 1.165) is 12.1 Å². The molecule has 1 saturated heterocycles. The van der Waals surface area contributed by atoms with E-state index in [-0.39, 0.29) is 24.2 Å². The largest absolute Gasteiger partial charge is 0.385 e. The first-order chi connectivity index (χ1) is 11.0. The lowest BCUT2D eigenvalue weighted by molar-refractivity contribution is -0.126. The zero-order chi connectivity index (χ0) is 16.8. The molecule has 1 N–H and O–H groups in total. The van der Waals surface area contributed by atoms with Crippen molar-refractivity contribution in [1.82, 2.24) is 5.32 Å². The highest BCUT2D eigenvalue weighted by Crippen LogP contribution is 2.27. The van der Waals surface area contributed by atoms with Gasteiger partial charge in [-0.05, 0) is 30.0 Å². The zero-order valence-corrected chi connectivity index (χ0v) is 14.2. The summed E-state index contributed by atoms with van der Waals surface area (Å²) >= 11 is 0. The Morgan fingerprint density at radius 2 is 2.22 bits per heavy atom. The second-order valence-electron chi connectivity index (χ2n) is 6.29. The van der Waals surface area contributed by atoms with Crippen LogP contribution in [-0.4, -0.2) is 38.6 Å².